The molecule has 20 heavy (non-hydrogen) atoms. The third kappa shape index (κ3) is 2.68. The molecule has 2 aliphatic rings. The highest BCUT2D eigenvalue weighted by molar-refractivity contribution is 6.04. The molecule has 1 heteroatoms. The summed E-state index contributed by atoms with van der Waals surface area (Å²) in [5.74, 6) is 0.387. The van der Waals surface area contributed by atoms with Gasteiger partial charge in [-0.05, 0) is 43.4 Å². The van der Waals surface area contributed by atoms with Crippen molar-refractivity contribution in [3.8, 4) is 0 Å². The highest BCUT2D eigenvalue weighted by Crippen LogP contribution is 2.51. The van der Waals surface area contributed by atoms with Crippen LogP contribution in [0, 0.1) is 13.8 Å². The fourth-order valence-electron chi connectivity index (χ4n) is 3.82. The van der Waals surface area contributed by atoms with Gasteiger partial charge in [0.05, 0.1) is 0 Å². The zero-order valence-electron chi connectivity index (χ0n) is 14.1. The van der Waals surface area contributed by atoms with Crippen molar-refractivity contribution in [2.75, 3.05) is 0 Å². The molecule has 0 amide bonds. The fraction of sp³-hybridized carbons (Fsp3) is 0.632. The van der Waals surface area contributed by atoms with Crippen LogP contribution < -0.4 is 0 Å². The van der Waals surface area contributed by atoms with Gasteiger partial charge in [0, 0.05) is 17.4 Å². The average Bonchev–Trinajstić information content (AvgIpc) is 3.05. The highest BCUT2D eigenvalue weighted by Gasteiger charge is 2.46. The van der Waals surface area contributed by atoms with Gasteiger partial charge in [-0.3, -0.25) is 4.79 Å². The molecular weight excluding hydrogens is 244 g/mol. The number of rotatable bonds is 0. The summed E-state index contributed by atoms with van der Waals surface area (Å²) < 4.78 is 0. The molecule has 0 radical (unpaired) electrons. The van der Waals surface area contributed by atoms with E-state index in [1.165, 1.54) is 42.4 Å². The van der Waals surface area contributed by atoms with Gasteiger partial charge in [-0.15, -0.1) is 0 Å². The van der Waals surface area contributed by atoms with Gasteiger partial charge in [-0.25, -0.2) is 0 Å². The van der Waals surface area contributed by atoms with Crippen LogP contribution in [0.1, 0.15) is 86.8 Å². The van der Waals surface area contributed by atoms with Gasteiger partial charge in [0.2, 0.25) is 0 Å². The molecule has 1 saturated carbocycles. The summed E-state index contributed by atoms with van der Waals surface area (Å²) in [5.41, 5.74) is 5.18. The first-order valence-corrected chi connectivity index (χ1v) is 8.28. The number of fused-ring (bicyclic) bond motifs is 2. The van der Waals surface area contributed by atoms with Crippen LogP contribution >= 0.6 is 0 Å². The van der Waals surface area contributed by atoms with Crippen LogP contribution in [-0.4, -0.2) is 5.78 Å². The number of hydrogen-bond donors (Lipinski definition) is 0. The molecule has 0 N–H and O–H groups in total. The Balaban J connectivity index is 0.000000461. The van der Waals surface area contributed by atoms with Gasteiger partial charge in [-0.2, -0.15) is 0 Å². The Hall–Kier alpha value is -1.11. The Labute approximate surface area is 124 Å². The lowest BCUT2D eigenvalue weighted by atomic mass is 9.78. The Kier molecular flexibility index (Phi) is 5.98. The van der Waals surface area contributed by atoms with Crippen molar-refractivity contribution in [1.82, 2.24) is 0 Å². The monoisotopic (exact) mass is 274 g/mol. The molecule has 1 spiro atoms. The molecule has 0 heterocycles. The summed E-state index contributed by atoms with van der Waals surface area (Å²) in [6.45, 7) is 12.2. The van der Waals surface area contributed by atoms with Crippen LogP contribution in [0.2, 0.25) is 0 Å². The minimum absolute atomic E-state index is 0.225. The zero-order valence-corrected chi connectivity index (χ0v) is 14.1. The second-order valence-electron chi connectivity index (χ2n) is 5.54. The Morgan fingerprint density at radius 1 is 0.900 bits per heavy atom. The first kappa shape index (κ1) is 16.9. The van der Waals surface area contributed by atoms with Crippen LogP contribution in [0.5, 0.6) is 0 Å². The number of carbonyl (C=O) groups is 1. The quantitative estimate of drug-likeness (QED) is 0.588. The van der Waals surface area contributed by atoms with E-state index in [1.807, 2.05) is 27.7 Å². The number of Topliss-reactive ketones (excluding diaryl/α,β-unsaturated/α-hetero) is 1. The first-order valence-electron chi connectivity index (χ1n) is 8.28. The molecule has 0 atom stereocenters. The minimum Gasteiger partial charge on any atom is -0.294 e. The molecule has 3 rings (SSSR count). The number of ketones is 1. The predicted octanol–water partition coefficient (Wildman–Crippen LogP) is 5.75. The lowest BCUT2D eigenvalue weighted by Gasteiger charge is -2.25. The summed E-state index contributed by atoms with van der Waals surface area (Å²) in [4.78, 5) is 12.2. The number of hydrogen-bond acceptors (Lipinski definition) is 1. The first-order chi connectivity index (χ1) is 9.64. The topological polar surface area (TPSA) is 17.1 Å². The van der Waals surface area contributed by atoms with E-state index in [0.717, 1.165) is 12.0 Å². The molecule has 1 fully saturated rings. The van der Waals surface area contributed by atoms with Crippen molar-refractivity contribution >= 4 is 5.78 Å². The van der Waals surface area contributed by atoms with Crippen LogP contribution in [0.25, 0.3) is 0 Å². The average molecular weight is 274 g/mol. The van der Waals surface area contributed by atoms with E-state index in [1.54, 1.807) is 0 Å². The molecule has 2 aliphatic carbocycles. The summed E-state index contributed by atoms with van der Waals surface area (Å²) in [6.07, 6.45) is 5.79. The molecule has 112 valence electrons. The van der Waals surface area contributed by atoms with Crippen molar-refractivity contribution in [3.05, 3.63) is 34.4 Å². The van der Waals surface area contributed by atoms with Crippen molar-refractivity contribution in [1.29, 1.82) is 0 Å². The zero-order chi connectivity index (χ0) is 15.3. The summed E-state index contributed by atoms with van der Waals surface area (Å²) >= 11 is 0. The lowest BCUT2D eigenvalue weighted by Crippen LogP contribution is -2.19. The minimum atomic E-state index is 0.225. The van der Waals surface area contributed by atoms with E-state index in [2.05, 4.69) is 26.0 Å². The third-order valence-corrected chi connectivity index (χ3v) is 4.49. The normalized spacial score (nSPS) is 18.0. The SMILES string of the molecule is CC.CC.Cc1ccc(C)c2c1C(=O)CC21CCCC1. The maximum atomic E-state index is 12.2. The van der Waals surface area contributed by atoms with E-state index in [0.29, 0.717) is 5.78 Å². The molecule has 0 aliphatic heterocycles. The fourth-order valence-corrected chi connectivity index (χ4v) is 3.82. The van der Waals surface area contributed by atoms with Crippen LogP contribution in [-0.2, 0) is 5.41 Å². The van der Waals surface area contributed by atoms with Crippen molar-refractivity contribution in [2.24, 2.45) is 0 Å². The lowest BCUT2D eigenvalue weighted by molar-refractivity contribution is 0.0973. The summed E-state index contributed by atoms with van der Waals surface area (Å²) in [6, 6.07) is 4.28. The van der Waals surface area contributed by atoms with Gasteiger partial charge in [0.15, 0.2) is 5.78 Å². The van der Waals surface area contributed by atoms with Crippen molar-refractivity contribution in [3.63, 3.8) is 0 Å². The molecule has 1 aromatic rings. The number of carbonyl (C=O) groups excluding carboxylic acids is 1. The summed E-state index contributed by atoms with van der Waals surface area (Å²) in [5, 5.41) is 0. The molecule has 0 unspecified atom stereocenters. The van der Waals surface area contributed by atoms with Gasteiger partial charge in [-0.1, -0.05) is 52.7 Å². The predicted molar refractivity (Wildman–Crippen MR) is 87.7 cm³/mol. The molecule has 1 aromatic carbocycles. The molecular formula is C19H30O. The highest BCUT2D eigenvalue weighted by atomic mass is 16.1. The van der Waals surface area contributed by atoms with E-state index in [9.17, 15) is 4.79 Å². The maximum Gasteiger partial charge on any atom is 0.164 e. The van der Waals surface area contributed by atoms with Crippen molar-refractivity contribution in [2.45, 2.75) is 79.1 Å². The van der Waals surface area contributed by atoms with Gasteiger partial charge < -0.3 is 0 Å². The van der Waals surface area contributed by atoms with Gasteiger partial charge in [0.25, 0.3) is 0 Å². The number of aryl methyl sites for hydroxylation is 2. The molecule has 0 aromatic heterocycles. The largest absolute Gasteiger partial charge is 0.294 e. The van der Waals surface area contributed by atoms with E-state index in [-0.39, 0.29) is 5.41 Å². The standard InChI is InChI=1S/C15H18O.2C2H6/c1-10-5-6-11(2)14-13(10)12(16)9-15(14)7-3-4-8-15;2*1-2/h5-6H,3-4,7-9H2,1-2H3;2*1-2H3. The van der Waals surface area contributed by atoms with Gasteiger partial charge >= 0.3 is 0 Å². The molecule has 1 nitrogen and oxygen atoms in total. The van der Waals surface area contributed by atoms with Crippen molar-refractivity contribution < 1.29 is 4.79 Å². The second-order valence-corrected chi connectivity index (χ2v) is 5.54. The Morgan fingerprint density at radius 2 is 1.40 bits per heavy atom. The molecule has 0 bridgehead atoms. The maximum absolute atomic E-state index is 12.2. The smallest absolute Gasteiger partial charge is 0.164 e. The van der Waals surface area contributed by atoms with Crippen LogP contribution in [0.15, 0.2) is 12.1 Å². The van der Waals surface area contributed by atoms with Crippen LogP contribution in [0.3, 0.4) is 0 Å². The Bertz CT molecular complexity index is 465. The van der Waals surface area contributed by atoms with E-state index >= 15 is 0 Å². The second kappa shape index (κ2) is 7.06. The van der Waals surface area contributed by atoms with E-state index < -0.39 is 0 Å². The van der Waals surface area contributed by atoms with Crippen LogP contribution in [0.4, 0.5) is 0 Å². The molecule has 0 saturated heterocycles. The van der Waals surface area contributed by atoms with E-state index in [4.69, 9.17) is 0 Å². The number of benzene rings is 1. The third-order valence-electron chi connectivity index (χ3n) is 4.49. The van der Waals surface area contributed by atoms with Gasteiger partial charge in [0.1, 0.15) is 0 Å². The summed E-state index contributed by atoms with van der Waals surface area (Å²) in [7, 11) is 0. The Morgan fingerprint density at radius 3 is 1.95 bits per heavy atom.